The maximum Gasteiger partial charge on any atom is 0.410 e. The fourth-order valence-electron chi connectivity index (χ4n) is 4.84. The van der Waals surface area contributed by atoms with E-state index in [1.54, 1.807) is 37.2 Å². The Morgan fingerprint density at radius 1 is 1.25 bits per heavy atom. The second-order valence-electron chi connectivity index (χ2n) is 9.52. The van der Waals surface area contributed by atoms with E-state index >= 15 is 0 Å². The Morgan fingerprint density at radius 2 is 1.95 bits per heavy atom. The Bertz CT molecular complexity index is 1350. The summed E-state index contributed by atoms with van der Waals surface area (Å²) in [6.07, 6.45) is 0.205. The zero-order valence-corrected chi connectivity index (χ0v) is 25.2. The molecule has 11 nitrogen and oxygen atoms in total. The molecule has 2 aromatic rings. The monoisotopic (exact) mass is 633 g/mol. The van der Waals surface area contributed by atoms with Crippen molar-refractivity contribution in [1.29, 1.82) is 5.41 Å². The second kappa shape index (κ2) is 13.0. The van der Waals surface area contributed by atoms with Crippen LogP contribution in [0.4, 0.5) is 10.6 Å². The van der Waals surface area contributed by atoms with Crippen LogP contribution in [-0.2, 0) is 4.74 Å². The number of carbonyl (C=O) groups is 1. The molecule has 1 amide bonds. The minimum Gasteiger partial charge on any atom is -0.491 e. The minimum atomic E-state index is -0.667. The maximum absolute atomic E-state index is 12.0. The van der Waals surface area contributed by atoms with Gasteiger partial charge >= 0.3 is 6.09 Å². The number of aromatic nitrogens is 2. The van der Waals surface area contributed by atoms with E-state index in [9.17, 15) is 9.90 Å². The lowest BCUT2D eigenvalue weighted by Crippen LogP contribution is -2.34. The number of hydrogen-bond donors (Lipinski definition) is 4. The first-order valence-electron chi connectivity index (χ1n) is 12.7. The predicted octanol–water partition coefficient (Wildman–Crippen LogP) is 3.20. The number of aliphatic hydroxyl groups excluding tert-OH is 1. The predicted molar refractivity (Wildman–Crippen MR) is 160 cm³/mol. The van der Waals surface area contributed by atoms with Crippen molar-refractivity contribution in [3.63, 3.8) is 0 Å². The van der Waals surface area contributed by atoms with Crippen molar-refractivity contribution in [2.75, 3.05) is 65.4 Å². The van der Waals surface area contributed by atoms with E-state index in [0.717, 1.165) is 11.4 Å². The molecule has 3 heterocycles. The van der Waals surface area contributed by atoms with Gasteiger partial charge in [0.05, 0.1) is 28.0 Å². The zero-order valence-electron chi connectivity index (χ0n) is 22.8. The van der Waals surface area contributed by atoms with Crippen LogP contribution in [0.25, 0.3) is 17.1 Å². The van der Waals surface area contributed by atoms with Gasteiger partial charge in [-0.1, -0.05) is 11.6 Å². The van der Waals surface area contributed by atoms with Gasteiger partial charge in [-0.3, -0.25) is 0 Å². The Hall–Kier alpha value is -3.19. The van der Waals surface area contributed by atoms with Crippen molar-refractivity contribution in [3.05, 3.63) is 50.1 Å². The molecule has 0 bridgehead atoms. The molecule has 13 heteroatoms. The first-order chi connectivity index (χ1) is 19.2. The molecular weight excluding hydrogens is 602 g/mol. The normalized spacial score (nSPS) is 16.1. The van der Waals surface area contributed by atoms with Gasteiger partial charge < -0.3 is 40.4 Å². The topological polar surface area (TPSA) is 136 Å². The summed E-state index contributed by atoms with van der Waals surface area (Å²) >= 11 is 10.1. The van der Waals surface area contributed by atoms with Crippen molar-refractivity contribution < 1.29 is 19.4 Å². The number of allylic oxidation sites excluding steroid dienone is 1. The number of carbonyl (C=O) groups excluding carboxylic acids is 1. The van der Waals surface area contributed by atoms with E-state index in [4.69, 9.17) is 36.5 Å². The summed E-state index contributed by atoms with van der Waals surface area (Å²) in [5.41, 5.74) is 5.00. The number of anilines is 1. The molecule has 4 rings (SSSR count). The minimum absolute atomic E-state index is 0.111. The highest BCUT2D eigenvalue weighted by molar-refractivity contribution is 9.12. The van der Waals surface area contributed by atoms with Gasteiger partial charge in [-0.15, -0.1) is 0 Å². The highest BCUT2D eigenvalue weighted by Gasteiger charge is 2.34. The summed E-state index contributed by atoms with van der Waals surface area (Å²) in [7, 11) is 4.92. The number of likely N-dealkylation sites (N-methyl/N-ethyl adjacent to an activating group) is 1. The fraction of sp³-hybridized carbons (Fsp3) is 0.407. The number of aliphatic hydroxyl groups is 1. The summed E-state index contributed by atoms with van der Waals surface area (Å²) < 4.78 is 11.2. The van der Waals surface area contributed by atoms with Gasteiger partial charge in [-0.2, -0.15) is 0 Å². The first kappa shape index (κ1) is 29.8. The molecule has 1 aromatic heterocycles. The van der Waals surface area contributed by atoms with Crippen LogP contribution in [0.1, 0.15) is 11.3 Å². The molecule has 4 N–H and O–H groups in total. The number of ether oxygens (including phenoxy) is 2. The number of methoxy groups -OCH3 is 1. The van der Waals surface area contributed by atoms with Crippen LogP contribution in [0.3, 0.4) is 0 Å². The molecule has 0 radical (unpaired) electrons. The van der Waals surface area contributed by atoms with Gasteiger partial charge in [0.25, 0.3) is 0 Å². The Balaban J connectivity index is 1.74. The SMILES string of the molecule is CNC[C@@H](O)COc1ccc(Cl)c(-c2nc(/C(NC)=C(\Br)C=N)c(C)c(N3CC4=C(CN(C(=O)OC)C4)C3)n2)c1. The standard InChI is InChI=1S/C27H33BrClN7O4/c1-15-23(24(32-3)21(28)8-30)33-25(20-7-19(5-6-22(20)29)40-14-18(37)9-31-2)34-26(15)35-10-16-12-36(27(38)39-4)13-17(16)11-35/h5-8,18,30-32,37H,9-14H2,1-4H3/b24-21+,30-8?/t18-/m1/s1. The highest BCUT2D eigenvalue weighted by atomic mass is 79.9. The number of hydrogen-bond acceptors (Lipinski definition) is 10. The number of rotatable bonds is 10. The van der Waals surface area contributed by atoms with Crippen LogP contribution in [0.2, 0.25) is 5.02 Å². The van der Waals surface area contributed by atoms with Gasteiger partial charge in [0.1, 0.15) is 24.3 Å². The molecule has 0 aliphatic carbocycles. The molecule has 214 valence electrons. The molecule has 0 saturated carbocycles. The van der Waals surface area contributed by atoms with E-state index in [-0.39, 0.29) is 12.7 Å². The summed E-state index contributed by atoms with van der Waals surface area (Å²) in [6, 6.07) is 5.22. The maximum atomic E-state index is 12.0. The Labute approximate surface area is 246 Å². The quantitative estimate of drug-likeness (QED) is 0.230. The number of nitrogens with zero attached hydrogens (tertiary/aromatic N) is 4. The first-order valence-corrected chi connectivity index (χ1v) is 13.9. The van der Waals surface area contributed by atoms with E-state index in [1.165, 1.54) is 24.5 Å². The second-order valence-corrected chi connectivity index (χ2v) is 10.8. The number of benzene rings is 1. The average Bonchev–Trinajstić information content (AvgIpc) is 3.53. The number of halogens is 2. The summed E-state index contributed by atoms with van der Waals surface area (Å²) in [4.78, 5) is 25.8. The van der Waals surface area contributed by atoms with Crippen molar-refractivity contribution >= 4 is 51.4 Å². The lowest BCUT2D eigenvalue weighted by Gasteiger charge is -2.26. The molecule has 0 spiro atoms. The van der Waals surface area contributed by atoms with E-state index in [1.807, 2.05) is 6.92 Å². The number of amides is 1. The van der Waals surface area contributed by atoms with Crippen molar-refractivity contribution in [2.24, 2.45) is 0 Å². The summed E-state index contributed by atoms with van der Waals surface area (Å²) in [5.74, 6) is 1.64. The zero-order chi connectivity index (χ0) is 29.0. The highest BCUT2D eigenvalue weighted by Crippen LogP contribution is 2.37. The van der Waals surface area contributed by atoms with E-state index in [2.05, 4.69) is 31.5 Å². The Morgan fingerprint density at radius 3 is 2.55 bits per heavy atom. The molecule has 0 saturated heterocycles. The lowest BCUT2D eigenvalue weighted by molar-refractivity contribution is 0.108. The molecule has 40 heavy (non-hydrogen) atoms. The van der Waals surface area contributed by atoms with Crippen LogP contribution in [0, 0.1) is 12.3 Å². The molecule has 0 unspecified atom stereocenters. The molecular formula is C27H33BrClN7O4. The summed E-state index contributed by atoms with van der Waals surface area (Å²) in [5, 5.41) is 24.4. The van der Waals surface area contributed by atoms with Crippen LogP contribution >= 0.6 is 27.5 Å². The van der Waals surface area contributed by atoms with Crippen molar-refractivity contribution in [1.82, 2.24) is 25.5 Å². The van der Waals surface area contributed by atoms with Crippen LogP contribution in [0.5, 0.6) is 5.75 Å². The summed E-state index contributed by atoms with van der Waals surface area (Å²) in [6.45, 7) is 4.74. The van der Waals surface area contributed by atoms with Crippen molar-refractivity contribution in [2.45, 2.75) is 13.0 Å². The third-order valence-corrected chi connectivity index (χ3v) is 7.75. The van der Waals surface area contributed by atoms with Gasteiger partial charge in [0.15, 0.2) is 5.82 Å². The van der Waals surface area contributed by atoms with E-state index < -0.39 is 6.10 Å². The van der Waals surface area contributed by atoms with Crippen LogP contribution in [0.15, 0.2) is 33.8 Å². The van der Waals surface area contributed by atoms with Crippen LogP contribution in [-0.4, -0.2) is 98.9 Å². The average molecular weight is 635 g/mol. The molecule has 2 aliphatic heterocycles. The molecule has 2 aliphatic rings. The van der Waals surface area contributed by atoms with Crippen molar-refractivity contribution in [3.8, 4) is 17.1 Å². The molecule has 1 atom stereocenters. The lowest BCUT2D eigenvalue weighted by atomic mass is 10.1. The number of nitrogens with one attached hydrogen (secondary N) is 3. The Kier molecular flexibility index (Phi) is 9.67. The fourth-order valence-corrected chi connectivity index (χ4v) is 5.43. The van der Waals surface area contributed by atoms with Crippen LogP contribution < -0.4 is 20.3 Å². The molecule has 0 fully saturated rings. The van der Waals surface area contributed by atoms with Gasteiger partial charge in [0, 0.05) is 57.1 Å². The third-order valence-electron chi connectivity index (χ3n) is 6.79. The largest absolute Gasteiger partial charge is 0.491 e. The molecule has 1 aromatic carbocycles. The van der Waals surface area contributed by atoms with Gasteiger partial charge in [-0.25, -0.2) is 14.8 Å². The van der Waals surface area contributed by atoms with E-state index in [0.29, 0.717) is 70.8 Å². The van der Waals surface area contributed by atoms with Gasteiger partial charge in [-0.05, 0) is 59.2 Å². The van der Waals surface area contributed by atoms with Gasteiger partial charge in [0.2, 0.25) is 0 Å². The third kappa shape index (κ3) is 6.25. The smallest absolute Gasteiger partial charge is 0.410 e.